The Hall–Kier alpha value is -1.88. The molecule has 0 aliphatic heterocycles. The van der Waals surface area contributed by atoms with Crippen molar-refractivity contribution >= 4 is 0 Å². The van der Waals surface area contributed by atoms with Crippen molar-refractivity contribution in [3.8, 4) is 17.1 Å². The van der Waals surface area contributed by atoms with Crippen molar-refractivity contribution in [2.45, 2.75) is 39.7 Å². The van der Waals surface area contributed by atoms with Gasteiger partial charge in [-0.05, 0) is 24.0 Å². The fourth-order valence-corrected chi connectivity index (χ4v) is 1.97. The van der Waals surface area contributed by atoms with Crippen LogP contribution < -0.4 is 5.73 Å². The number of phenols is 1. The maximum absolute atomic E-state index is 10.4. The molecule has 102 valence electrons. The van der Waals surface area contributed by atoms with Gasteiger partial charge in [-0.25, -0.2) is 0 Å². The number of rotatable bonds is 2. The average molecular weight is 261 g/mol. The lowest BCUT2D eigenvalue weighted by molar-refractivity contribution is 0.380. The SMILES string of the molecule is Cc1cc(-c2noc(CN)n2)c(O)c(C(C)(C)C)c1. The lowest BCUT2D eigenvalue weighted by atomic mass is 9.84. The van der Waals surface area contributed by atoms with Gasteiger partial charge in [-0.1, -0.05) is 32.0 Å². The first-order valence-electron chi connectivity index (χ1n) is 6.20. The van der Waals surface area contributed by atoms with Crippen molar-refractivity contribution in [1.82, 2.24) is 10.1 Å². The smallest absolute Gasteiger partial charge is 0.240 e. The molecule has 1 aromatic heterocycles. The number of aromatic nitrogens is 2. The highest BCUT2D eigenvalue weighted by Gasteiger charge is 2.23. The fraction of sp³-hybridized carbons (Fsp3) is 0.429. The predicted molar refractivity (Wildman–Crippen MR) is 72.7 cm³/mol. The third-order valence-corrected chi connectivity index (χ3v) is 2.95. The van der Waals surface area contributed by atoms with Crippen LogP contribution in [0.15, 0.2) is 16.7 Å². The summed E-state index contributed by atoms with van der Waals surface area (Å²) < 4.78 is 4.99. The molecule has 0 saturated heterocycles. The molecule has 0 saturated carbocycles. The van der Waals surface area contributed by atoms with E-state index in [2.05, 4.69) is 10.1 Å². The van der Waals surface area contributed by atoms with E-state index in [9.17, 15) is 5.11 Å². The second-order valence-corrected chi connectivity index (χ2v) is 5.67. The number of nitrogens with two attached hydrogens (primary N) is 1. The van der Waals surface area contributed by atoms with Crippen molar-refractivity contribution < 1.29 is 9.63 Å². The maximum Gasteiger partial charge on any atom is 0.240 e. The highest BCUT2D eigenvalue weighted by Crippen LogP contribution is 2.38. The largest absolute Gasteiger partial charge is 0.507 e. The first-order valence-corrected chi connectivity index (χ1v) is 6.20. The number of phenolic OH excluding ortho intramolecular Hbond substituents is 1. The molecule has 5 heteroatoms. The second kappa shape index (κ2) is 4.66. The van der Waals surface area contributed by atoms with Crippen LogP contribution >= 0.6 is 0 Å². The fourth-order valence-electron chi connectivity index (χ4n) is 1.97. The number of aryl methyl sites for hydroxylation is 1. The second-order valence-electron chi connectivity index (χ2n) is 5.67. The maximum atomic E-state index is 10.4. The van der Waals surface area contributed by atoms with Crippen molar-refractivity contribution in [3.05, 3.63) is 29.2 Å². The van der Waals surface area contributed by atoms with Crippen LogP contribution in [0.3, 0.4) is 0 Å². The molecule has 1 aromatic carbocycles. The van der Waals surface area contributed by atoms with E-state index in [1.54, 1.807) is 0 Å². The Kier molecular flexibility index (Phi) is 3.32. The molecule has 0 aliphatic carbocycles. The molecule has 0 aliphatic rings. The molecule has 2 aromatic rings. The summed E-state index contributed by atoms with van der Waals surface area (Å²) in [6.45, 7) is 8.31. The molecule has 0 unspecified atom stereocenters. The summed E-state index contributed by atoms with van der Waals surface area (Å²) in [5.74, 6) is 0.919. The minimum atomic E-state index is -0.161. The molecule has 19 heavy (non-hydrogen) atoms. The Morgan fingerprint density at radius 1 is 1.32 bits per heavy atom. The normalized spacial score (nSPS) is 11.8. The van der Waals surface area contributed by atoms with E-state index in [1.807, 2.05) is 39.8 Å². The Labute approximate surface area is 112 Å². The molecular weight excluding hydrogens is 242 g/mol. The van der Waals surface area contributed by atoms with E-state index in [1.165, 1.54) is 0 Å². The van der Waals surface area contributed by atoms with Crippen molar-refractivity contribution in [2.75, 3.05) is 0 Å². The van der Waals surface area contributed by atoms with Crippen LogP contribution in [0, 0.1) is 6.92 Å². The lowest BCUT2D eigenvalue weighted by Crippen LogP contribution is -2.12. The molecular formula is C14H19N3O2. The molecule has 0 radical (unpaired) electrons. The van der Waals surface area contributed by atoms with E-state index < -0.39 is 0 Å². The van der Waals surface area contributed by atoms with E-state index in [4.69, 9.17) is 10.3 Å². The van der Waals surface area contributed by atoms with Gasteiger partial charge in [0.05, 0.1) is 12.1 Å². The summed E-state index contributed by atoms with van der Waals surface area (Å²) in [5.41, 5.74) is 7.77. The van der Waals surface area contributed by atoms with E-state index in [0.717, 1.165) is 11.1 Å². The van der Waals surface area contributed by atoms with E-state index in [-0.39, 0.29) is 17.7 Å². The lowest BCUT2D eigenvalue weighted by Gasteiger charge is -2.22. The zero-order valence-electron chi connectivity index (χ0n) is 11.7. The standard InChI is InChI=1S/C14H19N3O2/c1-8-5-9(13-16-11(7-15)19-17-13)12(18)10(6-8)14(2,3)4/h5-6,18H,7,15H2,1-4H3. The molecule has 0 fully saturated rings. The zero-order valence-corrected chi connectivity index (χ0v) is 11.7. The molecule has 0 spiro atoms. The van der Waals surface area contributed by atoms with Gasteiger partial charge in [0.25, 0.3) is 0 Å². The van der Waals surface area contributed by atoms with Crippen LogP contribution in [0.2, 0.25) is 0 Å². The van der Waals surface area contributed by atoms with Gasteiger partial charge >= 0.3 is 0 Å². The van der Waals surface area contributed by atoms with Crippen LogP contribution in [0.4, 0.5) is 0 Å². The molecule has 2 rings (SSSR count). The Balaban J connectivity index is 2.61. The third-order valence-electron chi connectivity index (χ3n) is 2.95. The first-order chi connectivity index (χ1) is 8.82. The van der Waals surface area contributed by atoms with Crippen LogP contribution in [-0.4, -0.2) is 15.2 Å². The zero-order chi connectivity index (χ0) is 14.2. The highest BCUT2D eigenvalue weighted by atomic mass is 16.5. The van der Waals surface area contributed by atoms with Gasteiger partial charge in [0.1, 0.15) is 5.75 Å². The van der Waals surface area contributed by atoms with Gasteiger partial charge in [-0.2, -0.15) is 4.98 Å². The van der Waals surface area contributed by atoms with Crippen LogP contribution in [0.25, 0.3) is 11.4 Å². The minimum Gasteiger partial charge on any atom is -0.507 e. The monoisotopic (exact) mass is 261 g/mol. The van der Waals surface area contributed by atoms with Crippen molar-refractivity contribution in [1.29, 1.82) is 0 Å². The van der Waals surface area contributed by atoms with Crippen molar-refractivity contribution in [2.24, 2.45) is 5.73 Å². The van der Waals surface area contributed by atoms with Crippen LogP contribution in [-0.2, 0) is 12.0 Å². The van der Waals surface area contributed by atoms with Gasteiger partial charge in [-0.15, -0.1) is 0 Å². The minimum absolute atomic E-state index is 0.161. The Bertz CT molecular complexity index is 597. The predicted octanol–water partition coefficient (Wildman–Crippen LogP) is 2.51. The highest BCUT2D eigenvalue weighted by molar-refractivity contribution is 5.67. The Morgan fingerprint density at radius 3 is 2.53 bits per heavy atom. The van der Waals surface area contributed by atoms with E-state index in [0.29, 0.717) is 17.3 Å². The van der Waals surface area contributed by atoms with Gasteiger partial charge in [-0.3, -0.25) is 0 Å². The van der Waals surface area contributed by atoms with Crippen LogP contribution in [0.5, 0.6) is 5.75 Å². The number of hydrogen-bond donors (Lipinski definition) is 2. The van der Waals surface area contributed by atoms with Crippen molar-refractivity contribution in [3.63, 3.8) is 0 Å². The molecule has 0 atom stereocenters. The third kappa shape index (κ3) is 2.61. The summed E-state index contributed by atoms with van der Waals surface area (Å²) >= 11 is 0. The quantitative estimate of drug-likeness (QED) is 0.867. The summed E-state index contributed by atoms with van der Waals surface area (Å²) in [4.78, 5) is 4.16. The topological polar surface area (TPSA) is 85.2 Å². The summed E-state index contributed by atoms with van der Waals surface area (Å²) in [6.07, 6.45) is 0. The van der Waals surface area contributed by atoms with Crippen LogP contribution in [0.1, 0.15) is 37.8 Å². The molecule has 0 amide bonds. The number of aromatic hydroxyl groups is 1. The van der Waals surface area contributed by atoms with E-state index >= 15 is 0 Å². The van der Waals surface area contributed by atoms with Gasteiger partial charge in [0.15, 0.2) is 0 Å². The molecule has 5 nitrogen and oxygen atoms in total. The summed E-state index contributed by atoms with van der Waals surface area (Å²) in [6, 6.07) is 3.82. The molecule has 0 bridgehead atoms. The summed E-state index contributed by atoms with van der Waals surface area (Å²) in [7, 11) is 0. The van der Waals surface area contributed by atoms with Gasteiger partial charge < -0.3 is 15.4 Å². The van der Waals surface area contributed by atoms with Gasteiger partial charge in [0, 0.05) is 5.56 Å². The summed E-state index contributed by atoms with van der Waals surface area (Å²) in [5, 5.41) is 14.3. The number of nitrogens with zero attached hydrogens (tertiary/aromatic N) is 2. The number of hydrogen-bond acceptors (Lipinski definition) is 5. The average Bonchev–Trinajstić information content (AvgIpc) is 2.78. The molecule has 3 N–H and O–H groups in total. The Morgan fingerprint density at radius 2 is 2.00 bits per heavy atom. The molecule has 1 heterocycles. The number of benzene rings is 1. The first kappa shape index (κ1) is 13.5. The van der Waals surface area contributed by atoms with Gasteiger partial charge in [0.2, 0.25) is 11.7 Å².